The Bertz CT molecular complexity index is 792. The average Bonchev–Trinajstić information content (AvgIpc) is 2.65. The number of fused-ring (bicyclic) bond motifs is 1. The van der Waals surface area contributed by atoms with E-state index in [1.807, 2.05) is 0 Å². The Kier molecular flexibility index (Phi) is 3.65. The Morgan fingerprint density at radius 1 is 1.00 bits per heavy atom. The Balaban J connectivity index is 2.08. The Labute approximate surface area is 136 Å². The monoisotopic (exact) mass is 342 g/mol. The van der Waals surface area contributed by atoms with E-state index in [1.165, 1.54) is 6.07 Å². The molecule has 0 N–H and O–H groups in total. The van der Waals surface area contributed by atoms with Gasteiger partial charge in [-0.05, 0) is 33.8 Å². The van der Waals surface area contributed by atoms with Gasteiger partial charge in [-0.1, -0.05) is 0 Å². The van der Waals surface area contributed by atoms with E-state index >= 15 is 0 Å². The normalized spacial score (nSPS) is 19.9. The van der Waals surface area contributed by atoms with Crippen LogP contribution in [0.4, 0.5) is 17.6 Å². The van der Waals surface area contributed by atoms with Crippen molar-refractivity contribution in [1.29, 1.82) is 0 Å². The number of benzene rings is 1. The van der Waals surface area contributed by atoms with Crippen molar-refractivity contribution in [3.05, 3.63) is 29.8 Å². The smallest absolute Gasteiger partial charge is 0.399 e. The summed E-state index contributed by atoms with van der Waals surface area (Å²) >= 11 is 0. The molecule has 1 aliphatic heterocycles. The van der Waals surface area contributed by atoms with Crippen LogP contribution in [0, 0.1) is 5.82 Å². The lowest BCUT2D eigenvalue weighted by molar-refractivity contribution is -0.141. The van der Waals surface area contributed by atoms with Gasteiger partial charge < -0.3 is 9.31 Å². The van der Waals surface area contributed by atoms with Crippen LogP contribution in [0.15, 0.2) is 18.3 Å². The summed E-state index contributed by atoms with van der Waals surface area (Å²) in [6.45, 7) is 7.20. The SMILES string of the molecule is CC1(C)OB(c2cc3nc(C(F)(F)F)cnc3cc2F)OC1(C)C. The predicted molar refractivity (Wildman–Crippen MR) is 80.2 cm³/mol. The first-order chi connectivity index (χ1) is 10.9. The van der Waals surface area contributed by atoms with Crippen molar-refractivity contribution in [2.75, 3.05) is 0 Å². The Morgan fingerprint density at radius 2 is 1.58 bits per heavy atom. The van der Waals surface area contributed by atoms with E-state index in [1.54, 1.807) is 27.7 Å². The van der Waals surface area contributed by atoms with E-state index in [0.29, 0.717) is 6.20 Å². The van der Waals surface area contributed by atoms with Crippen molar-refractivity contribution in [3.8, 4) is 0 Å². The molecule has 24 heavy (non-hydrogen) atoms. The zero-order valence-electron chi connectivity index (χ0n) is 13.5. The fourth-order valence-electron chi connectivity index (χ4n) is 2.34. The predicted octanol–water partition coefficient (Wildman–Crippen LogP) is 3.09. The van der Waals surface area contributed by atoms with Gasteiger partial charge in [-0.2, -0.15) is 13.2 Å². The summed E-state index contributed by atoms with van der Waals surface area (Å²) in [5.41, 5.74) is -2.58. The van der Waals surface area contributed by atoms with Crippen LogP contribution in [0.25, 0.3) is 11.0 Å². The molecule has 0 aliphatic carbocycles. The number of hydrogen-bond donors (Lipinski definition) is 0. The zero-order chi connectivity index (χ0) is 17.9. The maximum atomic E-state index is 14.4. The van der Waals surface area contributed by atoms with Crippen molar-refractivity contribution in [2.45, 2.75) is 45.1 Å². The number of rotatable bonds is 1. The molecule has 0 amide bonds. The lowest BCUT2D eigenvalue weighted by atomic mass is 9.78. The van der Waals surface area contributed by atoms with Crippen molar-refractivity contribution in [2.24, 2.45) is 0 Å². The summed E-state index contributed by atoms with van der Waals surface area (Å²) in [4.78, 5) is 7.16. The van der Waals surface area contributed by atoms with Gasteiger partial charge in [0.05, 0.1) is 28.4 Å². The second kappa shape index (κ2) is 5.13. The molecule has 1 aromatic heterocycles. The number of aromatic nitrogens is 2. The highest BCUT2D eigenvalue weighted by Gasteiger charge is 2.52. The first kappa shape index (κ1) is 17.1. The molecule has 1 fully saturated rings. The van der Waals surface area contributed by atoms with E-state index < -0.39 is 36.0 Å². The van der Waals surface area contributed by atoms with E-state index in [0.717, 1.165) is 6.07 Å². The van der Waals surface area contributed by atoms with Crippen molar-refractivity contribution < 1.29 is 26.9 Å². The summed E-state index contributed by atoms with van der Waals surface area (Å²) in [5, 5.41) is 0. The molecule has 2 heterocycles. The van der Waals surface area contributed by atoms with E-state index in [9.17, 15) is 17.6 Å². The Morgan fingerprint density at radius 3 is 2.12 bits per heavy atom. The second-order valence-electron chi connectivity index (χ2n) is 6.70. The minimum atomic E-state index is -4.62. The van der Waals surface area contributed by atoms with Crippen LogP contribution in [0.1, 0.15) is 33.4 Å². The van der Waals surface area contributed by atoms with E-state index in [2.05, 4.69) is 9.97 Å². The maximum Gasteiger partial charge on any atom is 0.497 e. The fourth-order valence-corrected chi connectivity index (χ4v) is 2.34. The fraction of sp³-hybridized carbons (Fsp3) is 0.467. The molecule has 0 bridgehead atoms. The van der Waals surface area contributed by atoms with Gasteiger partial charge in [0, 0.05) is 11.5 Å². The van der Waals surface area contributed by atoms with Crippen molar-refractivity contribution in [1.82, 2.24) is 9.97 Å². The molecule has 0 radical (unpaired) electrons. The summed E-state index contributed by atoms with van der Waals surface area (Å²) in [6, 6.07) is 2.22. The molecule has 0 saturated carbocycles. The standard InChI is InChI=1S/C15H15BF4N2O2/c1-13(2)14(3,4)24-16(23-13)8-5-11-10(6-9(8)17)21-7-12(22-11)15(18,19)20/h5-7H,1-4H3. The highest BCUT2D eigenvalue weighted by Crippen LogP contribution is 2.37. The molecule has 9 heteroatoms. The molecule has 0 spiro atoms. The van der Waals surface area contributed by atoms with Crippen LogP contribution in [-0.4, -0.2) is 28.3 Å². The lowest BCUT2D eigenvalue weighted by Gasteiger charge is -2.32. The van der Waals surface area contributed by atoms with E-state index in [-0.39, 0.29) is 16.5 Å². The van der Waals surface area contributed by atoms with Gasteiger partial charge in [-0.3, -0.25) is 4.98 Å². The molecule has 3 rings (SSSR count). The van der Waals surface area contributed by atoms with Gasteiger partial charge in [0.1, 0.15) is 5.82 Å². The number of halogens is 4. The summed E-state index contributed by atoms with van der Waals surface area (Å²) in [7, 11) is -1.03. The highest BCUT2D eigenvalue weighted by atomic mass is 19.4. The van der Waals surface area contributed by atoms with Crippen LogP contribution < -0.4 is 5.46 Å². The first-order valence-electron chi connectivity index (χ1n) is 7.30. The van der Waals surface area contributed by atoms with Gasteiger partial charge in [-0.25, -0.2) is 9.37 Å². The summed E-state index contributed by atoms with van der Waals surface area (Å²) in [6.07, 6.45) is -4.05. The third kappa shape index (κ3) is 2.75. The molecule has 1 saturated heterocycles. The zero-order valence-corrected chi connectivity index (χ0v) is 13.5. The average molecular weight is 342 g/mol. The molecule has 128 valence electrons. The Hall–Kier alpha value is -1.74. The van der Waals surface area contributed by atoms with Crippen LogP contribution in [0.2, 0.25) is 0 Å². The minimum absolute atomic E-state index is 0.00484. The molecule has 2 aromatic rings. The van der Waals surface area contributed by atoms with Gasteiger partial charge >= 0.3 is 13.3 Å². The molecular weight excluding hydrogens is 327 g/mol. The number of hydrogen-bond acceptors (Lipinski definition) is 4. The van der Waals surface area contributed by atoms with Crippen LogP contribution in [0.5, 0.6) is 0 Å². The van der Waals surface area contributed by atoms with E-state index in [4.69, 9.17) is 9.31 Å². The van der Waals surface area contributed by atoms with Gasteiger partial charge in [0.2, 0.25) is 0 Å². The molecule has 0 atom stereocenters. The molecule has 1 aliphatic rings. The topological polar surface area (TPSA) is 44.2 Å². The quantitative estimate of drug-likeness (QED) is 0.590. The molecule has 4 nitrogen and oxygen atoms in total. The second-order valence-corrected chi connectivity index (χ2v) is 6.70. The van der Waals surface area contributed by atoms with Gasteiger partial charge in [0.15, 0.2) is 5.69 Å². The third-order valence-corrected chi connectivity index (χ3v) is 4.46. The van der Waals surface area contributed by atoms with Crippen LogP contribution in [0.3, 0.4) is 0 Å². The largest absolute Gasteiger partial charge is 0.497 e. The van der Waals surface area contributed by atoms with Crippen LogP contribution in [-0.2, 0) is 15.5 Å². The molecule has 1 aromatic carbocycles. The maximum absolute atomic E-state index is 14.4. The number of alkyl halides is 3. The highest BCUT2D eigenvalue weighted by molar-refractivity contribution is 6.62. The number of nitrogens with zero attached hydrogens (tertiary/aromatic N) is 2. The minimum Gasteiger partial charge on any atom is -0.399 e. The van der Waals surface area contributed by atoms with Gasteiger partial charge in [-0.15, -0.1) is 0 Å². The van der Waals surface area contributed by atoms with Gasteiger partial charge in [0.25, 0.3) is 0 Å². The summed E-state index contributed by atoms with van der Waals surface area (Å²) < 4.78 is 64.2. The van der Waals surface area contributed by atoms with Crippen molar-refractivity contribution >= 4 is 23.6 Å². The summed E-state index contributed by atoms with van der Waals surface area (Å²) in [5.74, 6) is -0.671. The van der Waals surface area contributed by atoms with Crippen LogP contribution >= 0.6 is 0 Å². The first-order valence-corrected chi connectivity index (χ1v) is 7.30. The third-order valence-electron chi connectivity index (χ3n) is 4.46. The van der Waals surface area contributed by atoms with Crippen molar-refractivity contribution in [3.63, 3.8) is 0 Å². The molecular formula is C15H15BF4N2O2. The molecule has 0 unspecified atom stereocenters. The lowest BCUT2D eigenvalue weighted by Crippen LogP contribution is -2.41.